The van der Waals surface area contributed by atoms with Gasteiger partial charge in [0, 0.05) is 29.4 Å². The molecular weight excluding hydrogens is 420 g/mol. The number of hydrogen-bond donors (Lipinski definition) is 0. The molecule has 0 amide bonds. The standard InChI is InChI=1S/C27H24S3/c1-19-10-4-7-13-23(19)28-22-16-17-26(29-24-14-8-5-11-20(24)2)27(18-22)30-25-15-9-6-12-21(25)3/h4-18H,1-3H3. The summed E-state index contributed by atoms with van der Waals surface area (Å²) in [5.74, 6) is 0. The van der Waals surface area contributed by atoms with Gasteiger partial charge in [-0.2, -0.15) is 0 Å². The van der Waals surface area contributed by atoms with Crippen LogP contribution < -0.4 is 0 Å². The van der Waals surface area contributed by atoms with Crippen molar-refractivity contribution in [2.24, 2.45) is 0 Å². The first-order chi connectivity index (χ1) is 14.6. The van der Waals surface area contributed by atoms with Crippen LogP contribution in [0, 0.1) is 20.8 Å². The molecule has 4 aromatic rings. The number of benzene rings is 4. The lowest BCUT2D eigenvalue weighted by Gasteiger charge is -2.14. The van der Waals surface area contributed by atoms with Gasteiger partial charge in [-0.1, -0.05) is 89.9 Å². The fourth-order valence-corrected chi connectivity index (χ4v) is 6.23. The van der Waals surface area contributed by atoms with E-state index in [0.29, 0.717) is 0 Å². The van der Waals surface area contributed by atoms with Crippen LogP contribution in [-0.2, 0) is 0 Å². The molecule has 0 bridgehead atoms. The Labute approximate surface area is 192 Å². The first kappa shape index (κ1) is 21.2. The highest BCUT2D eigenvalue weighted by molar-refractivity contribution is 8.02. The van der Waals surface area contributed by atoms with E-state index in [1.807, 2.05) is 35.3 Å². The number of aryl methyl sites for hydroxylation is 3. The fourth-order valence-electron chi connectivity index (χ4n) is 3.09. The Balaban J connectivity index is 1.70. The Morgan fingerprint density at radius 1 is 0.400 bits per heavy atom. The lowest BCUT2D eigenvalue weighted by atomic mass is 10.2. The Hall–Kier alpha value is -2.07. The van der Waals surface area contributed by atoms with E-state index in [-0.39, 0.29) is 0 Å². The summed E-state index contributed by atoms with van der Waals surface area (Å²) in [5, 5.41) is 0. The monoisotopic (exact) mass is 444 g/mol. The molecule has 0 unspecified atom stereocenters. The van der Waals surface area contributed by atoms with Crippen molar-refractivity contribution in [3.63, 3.8) is 0 Å². The predicted octanol–water partition coefficient (Wildman–Crippen LogP) is 9.07. The van der Waals surface area contributed by atoms with E-state index in [2.05, 4.69) is 112 Å². The maximum Gasteiger partial charge on any atom is 0.0273 e. The minimum Gasteiger partial charge on any atom is -0.0898 e. The van der Waals surface area contributed by atoms with Gasteiger partial charge >= 0.3 is 0 Å². The highest BCUT2D eigenvalue weighted by atomic mass is 32.2. The lowest BCUT2D eigenvalue weighted by Crippen LogP contribution is -1.86. The molecule has 4 rings (SSSR count). The van der Waals surface area contributed by atoms with Crippen molar-refractivity contribution in [3.8, 4) is 0 Å². The Bertz CT molecular complexity index is 1160. The van der Waals surface area contributed by atoms with Crippen LogP contribution >= 0.6 is 35.3 Å². The second-order valence-corrected chi connectivity index (χ2v) is 10.5. The molecule has 0 aromatic heterocycles. The van der Waals surface area contributed by atoms with E-state index in [0.717, 1.165) is 0 Å². The van der Waals surface area contributed by atoms with Gasteiger partial charge in [0.05, 0.1) is 0 Å². The van der Waals surface area contributed by atoms with Gasteiger partial charge in [-0.15, -0.1) is 0 Å². The van der Waals surface area contributed by atoms with Crippen molar-refractivity contribution in [1.82, 2.24) is 0 Å². The van der Waals surface area contributed by atoms with Gasteiger partial charge in [0.15, 0.2) is 0 Å². The molecule has 0 nitrogen and oxygen atoms in total. The molecule has 150 valence electrons. The normalized spacial score (nSPS) is 10.9. The van der Waals surface area contributed by atoms with Gasteiger partial charge in [-0.05, 0) is 73.9 Å². The third kappa shape index (κ3) is 5.15. The average Bonchev–Trinajstić information content (AvgIpc) is 2.75. The summed E-state index contributed by atoms with van der Waals surface area (Å²) in [4.78, 5) is 7.80. The van der Waals surface area contributed by atoms with Gasteiger partial charge in [0.25, 0.3) is 0 Å². The highest BCUT2D eigenvalue weighted by Gasteiger charge is 2.12. The van der Waals surface area contributed by atoms with Crippen molar-refractivity contribution < 1.29 is 0 Å². The van der Waals surface area contributed by atoms with Crippen LogP contribution in [-0.4, -0.2) is 0 Å². The van der Waals surface area contributed by atoms with Gasteiger partial charge in [-0.3, -0.25) is 0 Å². The number of rotatable bonds is 6. The second kappa shape index (κ2) is 9.82. The molecule has 0 saturated heterocycles. The average molecular weight is 445 g/mol. The summed E-state index contributed by atoms with van der Waals surface area (Å²) in [6, 6.07) is 32.7. The van der Waals surface area contributed by atoms with Crippen LogP contribution in [0.5, 0.6) is 0 Å². The molecule has 0 aliphatic carbocycles. The lowest BCUT2D eigenvalue weighted by molar-refractivity contribution is 1.16. The van der Waals surface area contributed by atoms with Crippen LogP contribution in [0.4, 0.5) is 0 Å². The summed E-state index contributed by atoms with van der Waals surface area (Å²) in [5.41, 5.74) is 3.94. The smallest absolute Gasteiger partial charge is 0.0273 e. The Morgan fingerprint density at radius 2 is 0.833 bits per heavy atom. The van der Waals surface area contributed by atoms with Gasteiger partial charge in [0.1, 0.15) is 0 Å². The van der Waals surface area contributed by atoms with Crippen LogP contribution in [0.1, 0.15) is 16.7 Å². The highest BCUT2D eigenvalue weighted by Crippen LogP contribution is 2.43. The third-order valence-corrected chi connectivity index (χ3v) is 8.65. The molecule has 0 heterocycles. The molecule has 0 radical (unpaired) electrons. The van der Waals surface area contributed by atoms with Crippen molar-refractivity contribution in [1.29, 1.82) is 0 Å². The Kier molecular flexibility index (Phi) is 6.93. The first-order valence-electron chi connectivity index (χ1n) is 9.94. The van der Waals surface area contributed by atoms with Crippen LogP contribution in [0.25, 0.3) is 0 Å². The maximum absolute atomic E-state index is 2.34. The van der Waals surface area contributed by atoms with Gasteiger partial charge < -0.3 is 0 Å². The van der Waals surface area contributed by atoms with Crippen LogP contribution in [0.3, 0.4) is 0 Å². The zero-order chi connectivity index (χ0) is 20.9. The Morgan fingerprint density at radius 3 is 1.33 bits per heavy atom. The van der Waals surface area contributed by atoms with Crippen molar-refractivity contribution >= 4 is 35.3 Å². The zero-order valence-electron chi connectivity index (χ0n) is 17.4. The summed E-state index contributed by atoms with van der Waals surface area (Å²) in [7, 11) is 0. The van der Waals surface area contributed by atoms with Crippen molar-refractivity contribution in [2.45, 2.75) is 50.1 Å². The fraction of sp³-hybridized carbons (Fsp3) is 0.111. The van der Waals surface area contributed by atoms with E-state index in [4.69, 9.17) is 0 Å². The largest absolute Gasteiger partial charge is 0.0898 e. The summed E-state index contributed by atoms with van der Waals surface area (Å²) in [6.45, 7) is 6.54. The molecule has 30 heavy (non-hydrogen) atoms. The topological polar surface area (TPSA) is 0 Å². The molecule has 0 atom stereocenters. The van der Waals surface area contributed by atoms with E-state index < -0.39 is 0 Å². The third-order valence-electron chi connectivity index (χ3n) is 4.86. The molecule has 0 fully saturated rings. The summed E-state index contributed by atoms with van der Waals surface area (Å²) < 4.78 is 0. The van der Waals surface area contributed by atoms with E-state index >= 15 is 0 Å². The first-order valence-corrected chi connectivity index (χ1v) is 12.4. The molecular formula is C27H24S3. The van der Waals surface area contributed by atoms with Gasteiger partial charge in [-0.25, -0.2) is 0 Å². The van der Waals surface area contributed by atoms with Gasteiger partial charge in [0.2, 0.25) is 0 Å². The van der Waals surface area contributed by atoms with E-state index in [1.165, 1.54) is 46.1 Å². The van der Waals surface area contributed by atoms with Crippen LogP contribution in [0.15, 0.2) is 120 Å². The second-order valence-electron chi connectivity index (χ2n) is 7.21. The number of hydrogen-bond acceptors (Lipinski definition) is 3. The zero-order valence-corrected chi connectivity index (χ0v) is 19.8. The van der Waals surface area contributed by atoms with E-state index in [9.17, 15) is 0 Å². The predicted molar refractivity (Wildman–Crippen MR) is 132 cm³/mol. The molecule has 0 spiro atoms. The quantitative estimate of drug-likeness (QED) is 0.291. The minimum absolute atomic E-state index is 1.27. The molecule has 0 aliphatic heterocycles. The van der Waals surface area contributed by atoms with Crippen molar-refractivity contribution in [2.75, 3.05) is 0 Å². The summed E-state index contributed by atoms with van der Waals surface area (Å²) in [6.07, 6.45) is 0. The van der Waals surface area contributed by atoms with Crippen molar-refractivity contribution in [3.05, 3.63) is 108 Å². The molecule has 3 heteroatoms. The molecule has 4 aromatic carbocycles. The summed E-state index contributed by atoms with van der Waals surface area (Å²) >= 11 is 5.55. The molecule has 0 N–H and O–H groups in total. The SMILES string of the molecule is Cc1ccccc1Sc1ccc(Sc2ccccc2C)c(Sc2ccccc2C)c1. The van der Waals surface area contributed by atoms with E-state index in [1.54, 1.807) is 0 Å². The molecule has 0 aliphatic rings. The molecule has 0 saturated carbocycles. The minimum atomic E-state index is 1.27. The maximum atomic E-state index is 2.34. The van der Waals surface area contributed by atoms with Crippen LogP contribution in [0.2, 0.25) is 0 Å².